The van der Waals surface area contributed by atoms with Crippen LogP contribution < -0.4 is 10.5 Å². The second-order valence-electron chi connectivity index (χ2n) is 4.68. The zero-order valence-electron chi connectivity index (χ0n) is 11.5. The first kappa shape index (κ1) is 14.9. The molecule has 0 saturated carbocycles. The van der Waals surface area contributed by atoms with Gasteiger partial charge in [-0.3, -0.25) is 10.1 Å². The van der Waals surface area contributed by atoms with E-state index in [1.165, 1.54) is 0 Å². The van der Waals surface area contributed by atoms with Crippen molar-refractivity contribution in [3.63, 3.8) is 0 Å². The van der Waals surface area contributed by atoms with Crippen molar-refractivity contribution in [3.05, 3.63) is 69.5 Å². The summed E-state index contributed by atoms with van der Waals surface area (Å²) < 4.78 is 18.6. The van der Waals surface area contributed by atoms with Crippen LogP contribution in [0.25, 0.3) is 0 Å². The number of rotatable bonds is 5. The highest BCUT2D eigenvalue weighted by atomic mass is 19.1. The predicted octanol–water partition coefficient (Wildman–Crippen LogP) is 3.33. The molecule has 0 radical (unpaired) electrons. The lowest BCUT2D eigenvalue weighted by atomic mass is 10.1. The minimum absolute atomic E-state index is 0.0778. The molecule has 1 atom stereocenters. The molecule has 0 unspecified atom stereocenters. The molecule has 0 saturated heterocycles. The highest BCUT2D eigenvalue weighted by Gasteiger charge is 2.15. The molecule has 0 fully saturated rings. The van der Waals surface area contributed by atoms with E-state index in [1.54, 1.807) is 12.1 Å². The van der Waals surface area contributed by atoms with Gasteiger partial charge in [0.05, 0.1) is 10.5 Å². The molecule has 0 spiro atoms. The van der Waals surface area contributed by atoms with Crippen LogP contribution in [0.1, 0.15) is 24.1 Å². The first-order valence-corrected chi connectivity index (χ1v) is 6.38. The van der Waals surface area contributed by atoms with E-state index in [0.29, 0.717) is 5.75 Å². The van der Waals surface area contributed by atoms with E-state index in [-0.39, 0.29) is 23.9 Å². The van der Waals surface area contributed by atoms with Crippen molar-refractivity contribution < 1.29 is 14.1 Å². The third kappa shape index (κ3) is 3.76. The molecule has 2 rings (SSSR count). The lowest BCUT2D eigenvalue weighted by Gasteiger charge is -2.09. The number of nitro benzene ring substituents is 1. The number of hydrogen-bond acceptors (Lipinski definition) is 4. The highest BCUT2D eigenvalue weighted by Crippen LogP contribution is 2.22. The van der Waals surface area contributed by atoms with Gasteiger partial charge in [0, 0.05) is 12.1 Å². The van der Waals surface area contributed by atoms with Crippen LogP contribution in [-0.4, -0.2) is 4.92 Å². The zero-order valence-corrected chi connectivity index (χ0v) is 11.5. The van der Waals surface area contributed by atoms with Crippen molar-refractivity contribution in [2.75, 3.05) is 0 Å². The fraction of sp³-hybridized carbons (Fsp3) is 0.200. The largest absolute Gasteiger partial charge is 0.489 e. The van der Waals surface area contributed by atoms with Crippen LogP contribution >= 0.6 is 0 Å². The summed E-state index contributed by atoms with van der Waals surface area (Å²) in [6, 6.07) is 10.3. The normalized spacial score (nSPS) is 12.0. The van der Waals surface area contributed by atoms with E-state index >= 15 is 0 Å². The van der Waals surface area contributed by atoms with Crippen LogP contribution in [0.3, 0.4) is 0 Å². The maximum absolute atomic E-state index is 13.2. The summed E-state index contributed by atoms with van der Waals surface area (Å²) in [5.74, 6) is 0.00413. The minimum atomic E-state index is -0.558. The second kappa shape index (κ2) is 6.32. The Hall–Kier alpha value is -2.47. The van der Waals surface area contributed by atoms with Gasteiger partial charge in [-0.1, -0.05) is 12.1 Å². The van der Waals surface area contributed by atoms with Gasteiger partial charge in [-0.2, -0.15) is 0 Å². The Bertz CT molecular complexity index is 642. The van der Waals surface area contributed by atoms with E-state index in [9.17, 15) is 14.5 Å². The van der Waals surface area contributed by atoms with E-state index in [0.717, 1.165) is 23.8 Å². The van der Waals surface area contributed by atoms with Gasteiger partial charge in [-0.15, -0.1) is 0 Å². The molecule has 110 valence electrons. The topological polar surface area (TPSA) is 78.4 Å². The molecule has 0 bridgehead atoms. The van der Waals surface area contributed by atoms with Gasteiger partial charge in [0.2, 0.25) is 0 Å². The predicted molar refractivity (Wildman–Crippen MR) is 76.4 cm³/mol. The summed E-state index contributed by atoms with van der Waals surface area (Å²) in [5, 5.41) is 10.9. The van der Waals surface area contributed by atoms with Crippen molar-refractivity contribution in [1.29, 1.82) is 0 Å². The van der Waals surface area contributed by atoms with Gasteiger partial charge < -0.3 is 10.5 Å². The molecule has 0 heterocycles. The van der Waals surface area contributed by atoms with Crippen LogP contribution in [0.15, 0.2) is 42.5 Å². The van der Waals surface area contributed by atoms with Gasteiger partial charge in [0.25, 0.3) is 5.69 Å². The molecule has 2 aromatic rings. The monoisotopic (exact) mass is 290 g/mol. The number of benzene rings is 2. The van der Waals surface area contributed by atoms with Gasteiger partial charge in [0.15, 0.2) is 0 Å². The molecular weight excluding hydrogens is 275 g/mol. The van der Waals surface area contributed by atoms with E-state index < -0.39 is 10.7 Å². The zero-order chi connectivity index (χ0) is 15.4. The molecule has 2 aromatic carbocycles. The Balaban J connectivity index is 2.12. The lowest BCUT2D eigenvalue weighted by molar-refractivity contribution is -0.385. The van der Waals surface area contributed by atoms with Crippen LogP contribution in [0.4, 0.5) is 10.1 Å². The third-order valence-corrected chi connectivity index (χ3v) is 3.04. The summed E-state index contributed by atoms with van der Waals surface area (Å²) in [6.45, 7) is 1.79. The quantitative estimate of drug-likeness (QED) is 0.676. The Morgan fingerprint density at radius 1 is 1.29 bits per heavy atom. The summed E-state index contributed by atoms with van der Waals surface area (Å²) in [6.07, 6.45) is 0. The van der Waals surface area contributed by atoms with Gasteiger partial charge in [-0.25, -0.2) is 4.39 Å². The summed E-state index contributed by atoms with van der Waals surface area (Å²) >= 11 is 0. The third-order valence-electron chi connectivity index (χ3n) is 3.04. The molecule has 0 amide bonds. The maximum atomic E-state index is 13.2. The van der Waals surface area contributed by atoms with Gasteiger partial charge in [0.1, 0.15) is 18.2 Å². The van der Waals surface area contributed by atoms with E-state index in [1.807, 2.05) is 19.1 Å². The molecule has 6 heteroatoms. The number of nitrogens with two attached hydrogens (primary N) is 1. The standard InChI is InChI=1S/C15H15FN2O3/c1-10(17)11-2-5-14(6-3-11)21-9-12-8-13(16)4-7-15(12)18(19)20/h2-8,10H,9,17H2,1H3/t10-/m0/s1. The average Bonchev–Trinajstić information content (AvgIpc) is 2.45. The average molecular weight is 290 g/mol. The van der Waals surface area contributed by atoms with Crippen LogP contribution in [0.5, 0.6) is 5.75 Å². The molecular formula is C15H15FN2O3. The molecule has 5 nitrogen and oxygen atoms in total. The van der Waals surface area contributed by atoms with Gasteiger partial charge in [-0.05, 0) is 36.8 Å². The molecule has 2 N–H and O–H groups in total. The Morgan fingerprint density at radius 2 is 1.95 bits per heavy atom. The van der Waals surface area contributed by atoms with E-state index in [4.69, 9.17) is 10.5 Å². The Labute approximate surface area is 121 Å². The fourth-order valence-electron chi connectivity index (χ4n) is 1.88. The smallest absolute Gasteiger partial charge is 0.276 e. The summed E-state index contributed by atoms with van der Waals surface area (Å²) in [5.41, 5.74) is 6.73. The lowest BCUT2D eigenvalue weighted by Crippen LogP contribution is -2.05. The number of nitro groups is 1. The Kier molecular flexibility index (Phi) is 4.49. The Morgan fingerprint density at radius 3 is 2.52 bits per heavy atom. The number of nitrogens with zero attached hydrogens (tertiary/aromatic N) is 1. The van der Waals surface area contributed by atoms with Gasteiger partial charge >= 0.3 is 0 Å². The first-order valence-electron chi connectivity index (χ1n) is 6.38. The second-order valence-corrected chi connectivity index (χ2v) is 4.68. The molecule has 21 heavy (non-hydrogen) atoms. The highest BCUT2D eigenvalue weighted by molar-refractivity contribution is 5.40. The number of ether oxygens (including phenoxy) is 1. The van der Waals surface area contributed by atoms with Crippen molar-refractivity contribution in [3.8, 4) is 5.75 Å². The van der Waals surface area contributed by atoms with Crippen LogP contribution in [0, 0.1) is 15.9 Å². The van der Waals surface area contributed by atoms with Crippen molar-refractivity contribution in [2.45, 2.75) is 19.6 Å². The van der Waals surface area contributed by atoms with Crippen molar-refractivity contribution in [1.82, 2.24) is 0 Å². The van der Waals surface area contributed by atoms with E-state index in [2.05, 4.69) is 0 Å². The number of halogens is 1. The van der Waals surface area contributed by atoms with Crippen molar-refractivity contribution in [2.24, 2.45) is 5.73 Å². The fourth-order valence-corrected chi connectivity index (χ4v) is 1.88. The molecule has 0 aliphatic heterocycles. The summed E-state index contributed by atoms with van der Waals surface area (Å²) in [4.78, 5) is 10.3. The molecule has 0 aromatic heterocycles. The minimum Gasteiger partial charge on any atom is -0.489 e. The molecule has 0 aliphatic rings. The SMILES string of the molecule is C[C@H](N)c1ccc(OCc2cc(F)ccc2[N+](=O)[O-])cc1. The summed E-state index contributed by atoms with van der Waals surface area (Å²) in [7, 11) is 0. The van der Waals surface area contributed by atoms with Crippen LogP contribution in [0.2, 0.25) is 0 Å². The maximum Gasteiger partial charge on any atom is 0.276 e. The first-order chi connectivity index (χ1) is 9.97. The van der Waals surface area contributed by atoms with Crippen molar-refractivity contribution >= 4 is 5.69 Å². The van der Waals surface area contributed by atoms with Crippen LogP contribution in [-0.2, 0) is 6.61 Å². The number of hydrogen-bond donors (Lipinski definition) is 1. The molecule has 0 aliphatic carbocycles.